The van der Waals surface area contributed by atoms with Crippen LogP contribution in [0.5, 0.6) is 0 Å². The van der Waals surface area contributed by atoms with Gasteiger partial charge in [-0.15, -0.1) is 0 Å². The van der Waals surface area contributed by atoms with Crippen LogP contribution in [0.2, 0.25) is 0 Å². The van der Waals surface area contributed by atoms with Crippen molar-refractivity contribution in [1.82, 2.24) is 19.8 Å². The minimum Gasteiger partial charge on any atom is -0.444 e. The average molecular weight is 457 g/mol. The molecule has 2 saturated heterocycles. The molecule has 32 heavy (non-hydrogen) atoms. The van der Waals surface area contributed by atoms with Gasteiger partial charge in [0.25, 0.3) is 0 Å². The van der Waals surface area contributed by atoms with Gasteiger partial charge in [0.15, 0.2) is 0 Å². The maximum atomic E-state index is 12.7. The van der Waals surface area contributed by atoms with E-state index in [2.05, 4.69) is 9.97 Å². The molecule has 2 aliphatic heterocycles. The number of likely N-dealkylation sites (tertiary alicyclic amines) is 1. The van der Waals surface area contributed by atoms with Crippen molar-refractivity contribution in [1.29, 1.82) is 0 Å². The summed E-state index contributed by atoms with van der Waals surface area (Å²) in [5.74, 6) is 0.234. The van der Waals surface area contributed by atoms with E-state index in [1.54, 1.807) is 14.7 Å². The number of nitrogens with zero attached hydrogens (tertiary/aromatic N) is 5. The van der Waals surface area contributed by atoms with Crippen molar-refractivity contribution >= 4 is 17.9 Å². The fourth-order valence-corrected chi connectivity index (χ4v) is 3.93. The first kappa shape index (κ1) is 24.1. The van der Waals surface area contributed by atoms with E-state index in [9.17, 15) is 22.8 Å². The van der Waals surface area contributed by atoms with Crippen LogP contribution in [0.25, 0.3) is 0 Å². The first-order chi connectivity index (χ1) is 14.9. The lowest BCUT2D eigenvalue weighted by Gasteiger charge is -2.35. The quantitative estimate of drug-likeness (QED) is 0.690. The molecular weight excluding hydrogens is 427 g/mol. The van der Waals surface area contributed by atoms with Gasteiger partial charge in [0, 0.05) is 57.6 Å². The molecular formula is C21H30F3N5O3. The van der Waals surface area contributed by atoms with Gasteiger partial charge in [-0.1, -0.05) is 0 Å². The van der Waals surface area contributed by atoms with E-state index in [0.717, 1.165) is 25.2 Å². The number of aromatic nitrogens is 2. The summed E-state index contributed by atoms with van der Waals surface area (Å²) in [7, 11) is 0. The van der Waals surface area contributed by atoms with Crippen LogP contribution in [0, 0.1) is 0 Å². The van der Waals surface area contributed by atoms with Crippen LogP contribution in [0.1, 0.15) is 52.0 Å². The van der Waals surface area contributed by atoms with E-state index in [-0.39, 0.29) is 24.0 Å². The van der Waals surface area contributed by atoms with Crippen LogP contribution in [0.3, 0.4) is 0 Å². The standard InChI is InChI=1S/C21H30F3N5O3/c1-20(2,3)32-19(31)29-8-4-5-16(29)6-7-17(30)27-9-11-28(12-10-27)18-25-13-15(14-26-18)21(22,23)24/h13-14,16H,4-12H2,1-3H3. The number of carbonyl (C=O) groups is 2. The molecule has 2 amide bonds. The zero-order chi connectivity index (χ0) is 23.5. The number of amides is 2. The Kier molecular flexibility index (Phi) is 7.14. The summed E-state index contributed by atoms with van der Waals surface area (Å²) in [6.45, 7) is 7.92. The molecule has 1 atom stereocenters. The molecule has 8 nitrogen and oxygen atoms in total. The molecule has 1 aromatic rings. The van der Waals surface area contributed by atoms with Gasteiger partial charge in [0.2, 0.25) is 11.9 Å². The first-order valence-electron chi connectivity index (χ1n) is 10.9. The van der Waals surface area contributed by atoms with Crippen LogP contribution in [0.15, 0.2) is 12.4 Å². The Morgan fingerprint density at radius 1 is 1.06 bits per heavy atom. The number of hydrogen-bond donors (Lipinski definition) is 0. The lowest BCUT2D eigenvalue weighted by Crippen LogP contribution is -2.49. The molecule has 0 spiro atoms. The van der Waals surface area contributed by atoms with Gasteiger partial charge in [-0.25, -0.2) is 14.8 Å². The molecule has 0 aromatic carbocycles. The van der Waals surface area contributed by atoms with Crippen molar-refractivity contribution < 1.29 is 27.5 Å². The summed E-state index contributed by atoms with van der Waals surface area (Å²) in [5.41, 5.74) is -1.45. The molecule has 0 bridgehead atoms. The monoisotopic (exact) mass is 457 g/mol. The zero-order valence-electron chi connectivity index (χ0n) is 18.7. The van der Waals surface area contributed by atoms with Gasteiger partial charge in [0.1, 0.15) is 5.60 Å². The Hall–Kier alpha value is -2.59. The summed E-state index contributed by atoms with van der Waals surface area (Å²) in [5, 5.41) is 0. The van der Waals surface area contributed by atoms with Crippen LogP contribution in [0.4, 0.5) is 23.9 Å². The van der Waals surface area contributed by atoms with Crippen molar-refractivity contribution in [2.45, 2.75) is 64.3 Å². The SMILES string of the molecule is CC(C)(C)OC(=O)N1CCCC1CCC(=O)N1CCN(c2ncc(C(F)(F)F)cn2)CC1. The third-order valence-corrected chi connectivity index (χ3v) is 5.58. The van der Waals surface area contributed by atoms with Crippen molar-refractivity contribution in [3.05, 3.63) is 18.0 Å². The molecule has 178 valence electrons. The highest BCUT2D eigenvalue weighted by atomic mass is 19.4. The van der Waals surface area contributed by atoms with Gasteiger partial charge in [-0.2, -0.15) is 13.2 Å². The molecule has 3 heterocycles. The lowest BCUT2D eigenvalue weighted by molar-refractivity contribution is -0.138. The maximum absolute atomic E-state index is 12.7. The summed E-state index contributed by atoms with van der Waals surface area (Å²) in [4.78, 5) is 37.9. The topological polar surface area (TPSA) is 78.9 Å². The molecule has 1 aromatic heterocycles. The Bertz CT molecular complexity index is 802. The smallest absolute Gasteiger partial charge is 0.419 e. The number of halogens is 3. The van der Waals surface area contributed by atoms with Gasteiger partial charge in [-0.3, -0.25) is 4.79 Å². The lowest BCUT2D eigenvalue weighted by atomic mass is 10.1. The molecule has 2 aliphatic rings. The van der Waals surface area contributed by atoms with Crippen LogP contribution < -0.4 is 4.90 Å². The Balaban J connectivity index is 1.46. The summed E-state index contributed by atoms with van der Waals surface area (Å²) < 4.78 is 43.4. The van der Waals surface area contributed by atoms with Crippen LogP contribution >= 0.6 is 0 Å². The highest BCUT2D eigenvalue weighted by Crippen LogP contribution is 2.28. The molecule has 2 fully saturated rings. The fraction of sp³-hybridized carbons (Fsp3) is 0.714. The van der Waals surface area contributed by atoms with Gasteiger partial charge >= 0.3 is 12.3 Å². The second kappa shape index (κ2) is 9.50. The first-order valence-corrected chi connectivity index (χ1v) is 10.9. The molecule has 0 N–H and O–H groups in total. The third kappa shape index (κ3) is 6.23. The third-order valence-electron chi connectivity index (χ3n) is 5.58. The average Bonchev–Trinajstić information content (AvgIpc) is 3.19. The minimum atomic E-state index is -4.47. The van der Waals surface area contributed by atoms with E-state index in [1.807, 2.05) is 20.8 Å². The molecule has 0 saturated carbocycles. The number of carbonyl (C=O) groups excluding carboxylic acids is 2. The number of ether oxygens (including phenoxy) is 1. The van der Waals surface area contributed by atoms with Crippen LogP contribution in [-0.2, 0) is 15.7 Å². The highest BCUT2D eigenvalue weighted by Gasteiger charge is 2.34. The second-order valence-electron chi connectivity index (χ2n) is 9.15. The number of rotatable bonds is 4. The summed E-state index contributed by atoms with van der Waals surface area (Å²) in [6.07, 6.45) is -0.591. The maximum Gasteiger partial charge on any atom is 0.419 e. The number of anilines is 1. The van der Waals surface area contributed by atoms with E-state index in [0.29, 0.717) is 45.6 Å². The van der Waals surface area contributed by atoms with Crippen molar-refractivity contribution in [2.75, 3.05) is 37.6 Å². The van der Waals surface area contributed by atoms with Gasteiger partial charge < -0.3 is 19.4 Å². The molecule has 11 heteroatoms. The number of hydrogen-bond acceptors (Lipinski definition) is 6. The van der Waals surface area contributed by atoms with Crippen molar-refractivity contribution in [2.24, 2.45) is 0 Å². The fourth-order valence-electron chi connectivity index (χ4n) is 3.93. The van der Waals surface area contributed by atoms with Crippen LogP contribution in [-0.4, -0.2) is 76.1 Å². The Labute approximate surface area is 185 Å². The van der Waals surface area contributed by atoms with E-state index in [1.165, 1.54) is 0 Å². The second-order valence-corrected chi connectivity index (χ2v) is 9.15. The molecule has 1 unspecified atom stereocenters. The van der Waals surface area contributed by atoms with E-state index >= 15 is 0 Å². The largest absolute Gasteiger partial charge is 0.444 e. The number of piperazine rings is 1. The van der Waals surface area contributed by atoms with E-state index in [4.69, 9.17) is 4.74 Å². The molecule has 0 aliphatic carbocycles. The van der Waals surface area contributed by atoms with Crippen molar-refractivity contribution in [3.63, 3.8) is 0 Å². The molecule has 0 radical (unpaired) electrons. The predicted molar refractivity (Wildman–Crippen MR) is 111 cm³/mol. The normalized spacial score (nSPS) is 19.9. The Morgan fingerprint density at radius 3 is 2.25 bits per heavy atom. The predicted octanol–water partition coefficient (Wildman–Crippen LogP) is 3.32. The van der Waals surface area contributed by atoms with E-state index < -0.39 is 17.3 Å². The van der Waals surface area contributed by atoms with Gasteiger partial charge in [-0.05, 0) is 40.0 Å². The summed E-state index contributed by atoms with van der Waals surface area (Å²) in [6, 6.07) is -0.00404. The summed E-state index contributed by atoms with van der Waals surface area (Å²) >= 11 is 0. The minimum absolute atomic E-state index is 0.00404. The van der Waals surface area contributed by atoms with Gasteiger partial charge in [0.05, 0.1) is 5.56 Å². The van der Waals surface area contributed by atoms with Crippen molar-refractivity contribution in [3.8, 4) is 0 Å². The molecule has 3 rings (SSSR count). The Morgan fingerprint density at radius 2 is 1.69 bits per heavy atom. The number of alkyl halides is 3. The highest BCUT2D eigenvalue weighted by molar-refractivity contribution is 5.76. The zero-order valence-corrected chi connectivity index (χ0v) is 18.7.